The highest BCUT2D eigenvalue weighted by atomic mass is 35.5. The zero-order chi connectivity index (χ0) is 17.8. The number of amides is 1. The molecule has 2 heterocycles. The second-order valence-corrected chi connectivity index (χ2v) is 7.59. The molecular weight excluding hydrogens is 363 g/mol. The number of carbonyl (C=O) groups excluding carboxylic acids is 2. The van der Waals surface area contributed by atoms with E-state index in [1.165, 1.54) is 23.5 Å². The molecule has 1 fully saturated rings. The van der Waals surface area contributed by atoms with Crippen LogP contribution in [0.2, 0.25) is 4.34 Å². The van der Waals surface area contributed by atoms with E-state index in [9.17, 15) is 14.0 Å². The minimum Gasteiger partial charge on any atom is -0.368 e. The Morgan fingerprint density at radius 1 is 1.00 bits per heavy atom. The van der Waals surface area contributed by atoms with Gasteiger partial charge in [0.1, 0.15) is 5.82 Å². The van der Waals surface area contributed by atoms with E-state index in [0.717, 1.165) is 5.69 Å². The summed E-state index contributed by atoms with van der Waals surface area (Å²) in [6.07, 6.45) is 0.415. The van der Waals surface area contributed by atoms with Crippen molar-refractivity contribution < 1.29 is 14.0 Å². The molecule has 132 valence electrons. The number of halogens is 2. The first kappa shape index (κ1) is 17.9. The van der Waals surface area contributed by atoms with Crippen LogP contribution in [0, 0.1) is 5.82 Å². The van der Waals surface area contributed by atoms with Crippen molar-refractivity contribution in [2.45, 2.75) is 12.8 Å². The van der Waals surface area contributed by atoms with Gasteiger partial charge in [-0.05, 0) is 36.4 Å². The zero-order valence-electron chi connectivity index (χ0n) is 13.6. The van der Waals surface area contributed by atoms with Gasteiger partial charge in [0, 0.05) is 44.7 Å². The van der Waals surface area contributed by atoms with Crippen LogP contribution in [0.5, 0.6) is 0 Å². The van der Waals surface area contributed by atoms with Gasteiger partial charge in [0.25, 0.3) is 0 Å². The Kier molecular flexibility index (Phi) is 5.71. The van der Waals surface area contributed by atoms with Crippen LogP contribution in [0.4, 0.5) is 10.1 Å². The summed E-state index contributed by atoms with van der Waals surface area (Å²) in [5.41, 5.74) is 0.957. The molecule has 0 N–H and O–H groups in total. The Labute approximate surface area is 154 Å². The van der Waals surface area contributed by atoms with Crippen LogP contribution < -0.4 is 4.90 Å². The van der Waals surface area contributed by atoms with Gasteiger partial charge < -0.3 is 9.80 Å². The van der Waals surface area contributed by atoms with Crippen LogP contribution in [-0.2, 0) is 4.79 Å². The number of rotatable bonds is 5. The molecule has 2 aromatic rings. The highest BCUT2D eigenvalue weighted by Crippen LogP contribution is 2.23. The molecule has 25 heavy (non-hydrogen) atoms. The first-order valence-corrected chi connectivity index (χ1v) is 9.29. The lowest BCUT2D eigenvalue weighted by molar-refractivity contribution is -0.131. The number of ketones is 1. The lowest BCUT2D eigenvalue weighted by Crippen LogP contribution is -2.48. The van der Waals surface area contributed by atoms with Crippen LogP contribution in [0.15, 0.2) is 36.4 Å². The van der Waals surface area contributed by atoms with Crippen molar-refractivity contribution in [2.24, 2.45) is 0 Å². The number of piperazine rings is 1. The van der Waals surface area contributed by atoms with Crippen LogP contribution in [-0.4, -0.2) is 42.8 Å². The van der Waals surface area contributed by atoms with Gasteiger partial charge in [-0.3, -0.25) is 9.59 Å². The fourth-order valence-corrected chi connectivity index (χ4v) is 3.84. The van der Waals surface area contributed by atoms with Gasteiger partial charge in [0.05, 0.1) is 9.21 Å². The molecule has 0 aliphatic carbocycles. The van der Waals surface area contributed by atoms with E-state index in [2.05, 4.69) is 4.90 Å². The van der Waals surface area contributed by atoms with Crippen LogP contribution >= 0.6 is 22.9 Å². The second-order valence-electron chi connectivity index (χ2n) is 5.87. The molecule has 0 spiro atoms. The summed E-state index contributed by atoms with van der Waals surface area (Å²) in [5.74, 6) is -0.306. The average Bonchev–Trinajstić information content (AvgIpc) is 3.07. The molecule has 0 atom stereocenters. The number of anilines is 1. The number of thiophene rings is 1. The number of carbonyl (C=O) groups is 2. The Morgan fingerprint density at radius 3 is 2.28 bits per heavy atom. The number of hydrogen-bond donors (Lipinski definition) is 0. The molecule has 1 aromatic carbocycles. The van der Waals surface area contributed by atoms with Crippen molar-refractivity contribution in [3.8, 4) is 0 Å². The first-order chi connectivity index (χ1) is 12.0. The fraction of sp³-hybridized carbons (Fsp3) is 0.333. The summed E-state index contributed by atoms with van der Waals surface area (Å²) in [6, 6.07) is 9.76. The summed E-state index contributed by atoms with van der Waals surface area (Å²) in [6.45, 7) is 2.61. The molecule has 1 aliphatic rings. The third kappa shape index (κ3) is 4.58. The van der Waals surface area contributed by atoms with E-state index in [1.54, 1.807) is 29.2 Å². The largest absolute Gasteiger partial charge is 0.368 e. The molecule has 0 bridgehead atoms. The summed E-state index contributed by atoms with van der Waals surface area (Å²) in [4.78, 5) is 28.9. The minimum atomic E-state index is -0.255. The molecular formula is C18H18ClFN2O2S. The SMILES string of the molecule is O=C(CCC(=O)N1CCN(c2ccc(F)cc2)CC1)c1ccc(Cl)s1. The Hall–Kier alpha value is -1.92. The van der Waals surface area contributed by atoms with E-state index in [1.807, 2.05) is 0 Å². The zero-order valence-corrected chi connectivity index (χ0v) is 15.2. The maximum absolute atomic E-state index is 13.0. The predicted octanol–water partition coefficient (Wildman–Crippen LogP) is 3.85. The topological polar surface area (TPSA) is 40.6 Å². The van der Waals surface area contributed by atoms with Gasteiger partial charge in [-0.1, -0.05) is 11.6 Å². The van der Waals surface area contributed by atoms with E-state index in [-0.39, 0.29) is 30.3 Å². The highest BCUT2D eigenvalue weighted by Gasteiger charge is 2.22. The lowest BCUT2D eigenvalue weighted by Gasteiger charge is -2.36. The maximum atomic E-state index is 13.0. The normalized spacial score (nSPS) is 14.6. The van der Waals surface area contributed by atoms with E-state index in [0.29, 0.717) is 35.4 Å². The van der Waals surface area contributed by atoms with Crippen LogP contribution in [0.25, 0.3) is 0 Å². The number of Topliss-reactive ketones (excluding diaryl/α,β-unsaturated/α-hetero) is 1. The second kappa shape index (κ2) is 7.97. The Morgan fingerprint density at radius 2 is 1.68 bits per heavy atom. The highest BCUT2D eigenvalue weighted by molar-refractivity contribution is 7.18. The van der Waals surface area contributed by atoms with Crippen molar-refractivity contribution in [2.75, 3.05) is 31.1 Å². The molecule has 7 heteroatoms. The summed E-state index contributed by atoms with van der Waals surface area (Å²) >= 11 is 7.07. The molecule has 0 saturated carbocycles. The Balaban J connectivity index is 1.46. The number of hydrogen-bond acceptors (Lipinski definition) is 4. The number of benzene rings is 1. The van der Waals surface area contributed by atoms with Gasteiger partial charge in [-0.15, -0.1) is 11.3 Å². The molecule has 1 amide bonds. The van der Waals surface area contributed by atoms with Crippen molar-refractivity contribution >= 4 is 40.3 Å². The van der Waals surface area contributed by atoms with Gasteiger partial charge in [0.15, 0.2) is 5.78 Å². The molecule has 3 rings (SSSR count). The quantitative estimate of drug-likeness (QED) is 0.740. The molecule has 4 nitrogen and oxygen atoms in total. The van der Waals surface area contributed by atoms with Crippen molar-refractivity contribution in [3.63, 3.8) is 0 Å². The third-order valence-electron chi connectivity index (χ3n) is 4.24. The molecule has 1 aromatic heterocycles. The van der Waals surface area contributed by atoms with Crippen molar-refractivity contribution in [1.82, 2.24) is 4.90 Å². The summed E-state index contributed by atoms with van der Waals surface area (Å²) in [5, 5.41) is 0. The van der Waals surface area contributed by atoms with Gasteiger partial charge in [-0.2, -0.15) is 0 Å². The lowest BCUT2D eigenvalue weighted by atomic mass is 10.1. The summed E-state index contributed by atoms with van der Waals surface area (Å²) < 4.78 is 13.6. The van der Waals surface area contributed by atoms with Crippen molar-refractivity contribution in [1.29, 1.82) is 0 Å². The van der Waals surface area contributed by atoms with E-state index in [4.69, 9.17) is 11.6 Å². The van der Waals surface area contributed by atoms with Gasteiger partial charge in [-0.25, -0.2) is 4.39 Å². The first-order valence-electron chi connectivity index (χ1n) is 8.10. The smallest absolute Gasteiger partial charge is 0.223 e. The van der Waals surface area contributed by atoms with Gasteiger partial charge >= 0.3 is 0 Å². The van der Waals surface area contributed by atoms with Crippen LogP contribution in [0.3, 0.4) is 0 Å². The summed E-state index contributed by atoms with van der Waals surface area (Å²) in [7, 11) is 0. The molecule has 0 radical (unpaired) electrons. The average molecular weight is 381 g/mol. The Bertz CT molecular complexity index is 755. The minimum absolute atomic E-state index is 0.00485. The molecule has 0 unspecified atom stereocenters. The van der Waals surface area contributed by atoms with Crippen molar-refractivity contribution in [3.05, 3.63) is 51.4 Å². The van der Waals surface area contributed by atoms with Crippen LogP contribution in [0.1, 0.15) is 22.5 Å². The van der Waals surface area contributed by atoms with E-state index >= 15 is 0 Å². The molecule has 1 saturated heterocycles. The molecule has 1 aliphatic heterocycles. The predicted molar refractivity (Wildman–Crippen MR) is 98.1 cm³/mol. The monoisotopic (exact) mass is 380 g/mol. The van der Waals surface area contributed by atoms with E-state index < -0.39 is 0 Å². The standard InChI is InChI=1S/C18H18ClFN2O2S/c19-17-7-6-16(25-17)15(23)5-8-18(24)22-11-9-21(10-12-22)14-3-1-13(20)2-4-14/h1-4,6-7H,5,8-12H2. The third-order valence-corrected chi connectivity index (χ3v) is 5.51. The maximum Gasteiger partial charge on any atom is 0.223 e. The number of nitrogens with zero attached hydrogens (tertiary/aromatic N) is 2. The fourth-order valence-electron chi connectivity index (χ4n) is 2.83. The van der Waals surface area contributed by atoms with Gasteiger partial charge in [0.2, 0.25) is 5.91 Å².